The molecule has 0 aliphatic carbocycles. The van der Waals surface area contributed by atoms with Crippen LogP contribution >= 0.6 is 0 Å². The number of benzene rings is 1. The van der Waals surface area contributed by atoms with Crippen molar-refractivity contribution in [2.45, 2.75) is 45.3 Å². The fourth-order valence-electron chi connectivity index (χ4n) is 1.75. The van der Waals surface area contributed by atoms with Gasteiger partial charge in [0.25, 0.3) is 6.43 Å². The molecule has 0 fully saturated rings. The zero-order valence-corrected chi connectivity index (χ0v) is 12.6. The second-order valence-corrected chi connectivity index (χ2v) is 5.76. The molecule has 0 bridgehead atoms. The summed E-state index contributed by atoms with van der Waals surface area (Å²) in [6.07, 6.45) is -3.75. The van der Waals surface area contributed by atoms with Gasteiger partial charge in [-0.05, 0) is 26.3 Å². The van der Waals surface area contributed by atoms with Crippen LogP contribution in [0.3, 0.4) is 0 Å². The summed E-state index contributed by atoms with van der Waals surface area (Å²) < 4.78 is 30.1. The van der Waals surface area contributed by atoms with Crippen molar-refractivity contribution in [3.8, 4) is 0 Å². The number of carbonyl (C=O) groups is 2. The van der Waals surface area contributed by atoms with Crippen molar-refractivity contribution in [2.75, 3.05) is 0 Å². The second kappa shape index (κ2) is 7.20. The molecule has 5 nitrogen and oxygen atoms in total. The topological polar surface area (TPSA) is 75.6 Å². The second-order valence-electron chi connectivity index (χ2n) is 5.76. The number of carboxylic acids is 1. The van der Waals surface area contributed by atoms with E-state index in [9.17, 15) is 18.4 Å². The molecule has 0 radical (unpaired) electrons. The first-order valence-corrected chi connectivity index (χ1v) is 6.68. The molecule has 0 saturated heterocycles. The molecule has 0 spiro atoms. The first-order valence-electron chi connectivity index (χ1n) is 6.68. The van der Waals surface area contributed by atoms with E-state index in [0.717, 1.165) is 0 Å². The first kappa shape index (κ1) is 17.9. The molecule has 1 rings (SSSR count). The van der Waals surface area contributed by atoms with E-state index in [2.05, 4.69) is 5.32 Å². The minimum atomic E-state index is -2.61. The summed E-state index contributed by atoms with van der Waals surface area (Å²) in [6, 6.07) is 4.27. The Labute approximate surface area is 127 Å². The normalized spacial score (nSPS) is 12.8. The van der Waals surface area contributed by atoms with E-state index in [-0.39, 0.29) is 12.0 Å². The van der Waals surface area contributed by atoms with Crippen LogP contribution < -0.4 is 5.32 Å². The summed E-state index contributed by atoms with van der Waals surface area (Å²) in [5, 5.41) is 11.4. The summed E-state index contributed by atoms with van der Waals surface area (Å²) >= 11 is 0. The number of rotatable bonds is 5. The Morgan fingerprint density at radius 1 is 1.18 bits per heavy atom. The number of nitrogens with one attached hydrogen (secondary N) is 1. The maximum Gasteiger partial charge on any atom is 0.408 e. The summed E-state index contributed by atoms with van der Waals surface area (Å²) in [6.45, 7) is 5.03. The first-order chi connectivity index (χ1) is 10.1. The minimum absolute atomic E-state index is 0.171. The molecular formula is C15H19F2NO4. The number of alkyl halides is 2. The maximum absolute atomic E-state index is 12.5. The molecule has 2 N–H and O–H groups in total. The molecule has 7 heteroatoms. The Kier molecular flexibility index (Phi) is 5.84. The van der Waals surface area contributed by atoms with E-state index in [0.29, 0.717) is 5.56 Å². The van der Waals surface area contributed by atoms with Gasteiger partial charge in [0.15, 0.2) is 0 Å². The highest BCUT2D eigenvalue weighted by molar-refractivity contribution is 5.72. The number of halogens is 2. The van der Waals surface area contributed by atoms with Crippen LogP contribution in [0.2, 0.25) is 0 Å². The molecule has 0 heterocycles. The minimum Gasteiger partial charge on any atom is -0.481 e. The van der Waals surface area contributed by atoms with Gasteiger partial charge in [-0.3, -0.25) is 4.79 Å². The Morgan fingerprint density at radius 2 is 1.68 bits per heavy atom. The molecular weight excluding hydrogens is 296 g/mol. The van der Waals surface area contributed by atoms with E-state index < -0.39 is 30.1 Å². The molecule has 0 unspecified atom stereocenters. The summed E-state index contributed by atoms with van der Waals surface area (Å²) in [5.74, 6) is -1.13. The van der Waals surface area contributed by atoms with E-state index in [1.54, 1.807) is 20.8 Å². The number of hydrogen-bond donors (Lipinski definition) is 2. The van der Waals surface area contributed by atoms with E-state index >= 15 is 0 Å². The SMILES string of the molecule is CC(C)(C)OC(=O)N[C@@H](CC(=O)O)c1ccc(C(F)F)cc1. The molecule has 0 saturated carbocycles. The number of ether oxygens (including phenoxy) is 1. The van der Waals surface area contributed by atoms with Crippen LogP contribution in [0.15, 0.2) is 24.3 Å². The van der Waals surface area contributed by atoms with Crippen molar-refractivity contribution in [2.24, 2.45) is 0 Å². The molecule has 1 aromatic carbocycles. The van der Waals surface area contributed by atoms with Crippen LogP contribution in [0.5, 0.6) is 0 Å². The van der Waals surface area contributed by atoms with Crippen LogP contribution in [0.25, 0.3) is 0 Å². The number of hydrogen-bond acceptors (Lipinski definition) is 3. The molecule has 0 aromatic heterocycles. The monoisotopic (exact) mass is 315 g/mol. The molecule has 22 heavy (non-hydrogen) atoms. The predicted molar refractivity (Wildman–Crippen MR) is 75.8 cm³/mol. The van der Waals surface area contributed by atoms with Gasteiger partial charge in [-0.2, -0.15) is 0 Å². The van der Waals surface area contributed by atoms with Gasteiger partial charge in [0.1, 0.15) is 5.60 Å². The Bertz CT molecular complexity index is 523. The third kappa shape index (κ3) is 6.07. The van der Waals surface area contributed by atoms with E-state index in [4.69, 9.17) is 9.84 Å². The quantitative estimate of drug-likeness (QED) is 0.869. The molecule has 1 atom stereocenters. The fraction of sp³-hybridized carbons (Fsp3) is 0.467. The zero-order chi connectivity index (χ0) is 16.9. The average Bonchev–Trinajstić information content (AvgIpc) is 2.35. The van der Waals surface area contributed by atoms with Gasteiger partial charge < -0.3 is 15.2 Å². The lowest BCUT2D eigenvalue weighted by Gasteiger charge is -2.23. The van der Waals surface area contributed by atoms with Crippen LogP contribution in [-0.4, -0.2) is 22.8 Å². The summed E-state index contributed by atoms with van der Waals surface area (Å²) in [7, 11) is 0. The fourth-order valence-corrected chi connectivity index (χ4v) is 1.75. The van der Waals surface area contributed by atoms with Crippen LogP contribution in [-0.2, 0) is 9.53 Å². The Balaban J connectivity index is 2.88. The molecule has 0 aliphatic rings. The van der Waals surface area contributed by atoms with Gasteiger partial charge in [0, 0.05) is 5.56 Å². The lowest BCUT2D eigenvalue weighted by atomic mass is 10.0. The summed E-state index contributed by atoms with van der Waals surface area (Å²) in [5.41, 5.74) is -0.482. The lowest BCUT2D eigenvalue weighted by Crippen LogP contribution is -2.35. The number of amides is 1. The lowest BCUT2D eigenvalue weighted by molar-refractivity contribution is -0.137. The van der Waals surface area contributed by atoms with E-state index in [1.807, 2.05) is 0 Å². The van der Waals surface area contributed by atoms with E-state index in [1.165, 1.54) is 24.3 Å². The highest BCUT2D eigenvalue weighted by Crippen LogP contribution is 2.23. The van der Waals surface area contributed by atoms with Gasteiger partial charge in [-0.15, -0.1) is 0 Å². The van der Waals surface area contributed by atoms with Gasteiger partial charge >= 0.3 is 12.1 Å². The number of aliphatic carboxylic acids is 1. The van der Waals surface area contributed by atoms with Crippen molar-refractivity contribution in [1.29, 1.82) is 0 Å². The van der Waals surface area contributed by atoms with Crippen molar-refractivity contribution >= 4 is 12.1 Å². The van der Waals surface area contributed by atoms with Crippen molar-refractivity contribution < 1.29 is 28.2 Å². The van der Waals surface area contributed by atoms with Crippen LogP contribution in [0.4, 0.5) is 13.6 Å². The van der Waals surface area contributed by atoms with Crippen molar-refractivity contribution in [3.05, 3.63) is 35.4 Å². The largest absolute Gasteiger partial charge is 0.481 e. The molecule has 1 aromatic rings. The average molecular weight is 315 g/mol. The van der Waals surface area contributed by atoms with Gasteiger partial charge in [-0.1, -0.05) is 24.3 Å². The number of alkyl carbamates (subject to hydrolysis) is 1. The van der Waals surface area contributed by atoms with Crippen molar-refractivity contribution in [3.63, 3.8) is 0 Å². The maximum atomic E-state index is 12.5. The number of carboxylic acid groups (broad SMARTS) is 1. The van der Waals surface area contributed by atoms with Gasteiger partial charge in [0.05, 0.1) is 12.5 Å². The third-order valence-electron chi connectivity index (χ3n) is 2.66. The molecule has 0 aliphatic heterocycles. The predicted octanol–water partition coefficient (Wildman–Crippen LogP) is 3.66. The molecule has 1 amide bonds. The third-order valence-corrected chi connectivity index (χ3v) is 2.66. The Hall–Kier alpha value is -2.18. The van der Waals surface area contributed by atoms with Gasteiger partial charge in [-0.25, -0.2) is 13.6 Å². The standard InChI is InChI=1S/C15H19F2NO4/c1-15(2,3)22-14(21)18-11(8-12(19)20)9-4-6-10(7-5-9)13(16)17/h4-7,11,13H,8H2,1-3H3,(H,18,21)(H,19,20)/t11-/m0/s1. The highest BCUT2D eigenvalue weighted by Gasteiger charge is 2.22. The van der Waals surface area contributed by atoms with Crippen LogP contribution in [0.1, 0.15) is 50.8 Å². The van der Waals surface area contributed by atoms with Crippen LogP contribution in [0, 0.1) is 0 Å². The number of carbonyl (C=O) groups excluding carboxylic acids is 1. The Morgan fingerprint density at radius 3 is 2.09 bits per heavy atom. The smallest absolute Gasteiger partial charge is 0.408 e. The zero-order valence-electron chi connectivity index (χ0n) is 12.6. The highest BCUT2D eigenvalue weighted by atomic mass is 19.3. The molecule has 122 valence electrons. The summed E-state index contributed by atoms with van der Waals surface area (Å²) in [4.78, 5) is 22.7. The van der Waals surface area contributed by atoms with Gasteiger partial charge in [0.2, 0.25) is 0 Å². The van der Waals surface area contributed by atoms with Crippen molar-refractivity contribution in [1.82, 2.24) is 5.32 Å².